The van der Waals surface area contributed by atoms with Crippen molar-refractivity contribution in [3.8, 4) is 5.75 Å². The van der Waals surface area contributed by atoms with E-state index < -0.39 is 0 Å². The lowest BCUT2D eigenvalue weighted by atomic mass is 9.88. The molecule has 0 bridgehead atoms. The fourth-order valence-electron chi connectivity index (χ4n) is 6.09. The van der Waals surface area contributed by atoms with Crippen LogP contribution in [0.2, 0.25) is 0 Å². The number of aryl methyl sites for hydroxylation is 2. The number of fused-ring (bicyclic) bond motifs is 1. The molecular formula is C27H37N3O3S. The highest BCUT2D eigenvalue weighted by Gasteiger charge is 2.32. The zero-order chi connectivity index (χ0) is 23.3. The van der Waals surface area contributed by atoms with Crippen molar-refractivity contribution in [3.63, 3.8) is 0 Å². The van der Waals surface area contributed by atoms with Gasteiger partial charge in [0.2, 0.25) is 5.91 Å². The molecule has 5 rings (SSSR count). The Morgan fingerprint density at radius 1 is 0.971 bits per heavy atom. The molecule has 0 atom stereocenters. The minimum Gasteiger partial charge on any atom is -0.484 e. The molecule has 0 unspecified atom stereocenters. The molecule has 2 saturated carbocycles. The second-order valence-electron chi connectivity index (χ2n) is 10.2. The highest BCUT2D eigenvalue weighted by molar-refractivity contribution is 7.71. The molecule has 2 aromatic rings. The van der Waals surface area contributed by atoms with E-state index in [0.29, 0.717) is 18.0 Å². The van der Waals surface area contributed by atoms with E-state index in [1.807, 2.05) is 6.07 Å². The SMILES string of the molecule is O=C(Cn1nc(COc2ccc3c(c2)CCCC3)oc1=S)N(C1CCCCC1)C1CCCCC1. The van der Waals surface area contributed by atoms with Gasteiger partial charge in [0, 0.05) is 12.1 Å². The van der Waals surface area contributed by atoms with Gasteiger partial charge in [0.05, 0.1) is 0 Å². The van der Waals surface area contributed by atoms with Crippen LogP contribution in [0.3, 0.4) is 0 Å². The third-order valence-corrected chi connectivity index (χ3v) is 8.13. The molecule has 1 aromatic carbocycles. The molecule has 1 aromatic heterocycles. The fraction of sp³-hybridized carbons (Fsp3) is 0.667. The van der Waals surface area contributed by atoms with Crippen molar-refractivity contribution in [1.82, 2.24) is 14.7 Å². The number of hydrogen-bond acceptors (Lipinski definition) is 5. The average Bonchev–Trinajstić information content (AvgIpc) is 3.23. The quantitative estimate of drug-likeness (QED) is 0.442. The summed E-state index contributed by atoms with van der Waals surface area (Å²) in [5, 5.41) is 4.50. The van der Waals surface area contributed by atoms with Crippen LogP contribution < -0.4 is 4.74 Å². The Morgan fingerprint density at radius 2 is 1.62 bits per heavy atom. The molecule has 0 N–H and O–H groups in total. The summed E-state index contributed by atoms with van der Waals surface area (Å²) < 4.78 is 13.2. The summed E-state index contributed by atoms with van der Waals surface area (Å²) in [6, 6.07) is 7.04. The Hall–Kier alpha value is -2.15. The second kappa shape index (κ2) is 11.1. The minimum atomic E-state index is 0.130. The van der Waals surface area contributed by atoms with Gasteiger partial charge < -0.3 is 14.1 Å². The summed E-state index contributed by atoms with van der Waals surface area (Å²) >= 11 is 5.41. The molecule has 2 fully saturated rings. The fourth-order valence-corrected chi connectivity index (χ4v) is 6.29. The smallest absolute Gasteiger partial charge is 0.287 e. The van der Waals surface area contributed by atoms with E-state index in [0.717, 1.165) is 44.3 Å². The normalized spacial score (nSPS) is 19.5. The van der Waals surface area contributed by atoms with Crippen LogP contribution in [0.1, 0.15) is 94.1 Å². The molecule has 6 nitrogen and oxygen atoms in total. The molecule has 184 valence electrons. The molecule has 7 heteroatoms. The second-order valence-corrected chi connectivity index (χ2v) is 10.6. The third-order valence-electron chi connectivity index (χ3n) is 7.84. The summed E-state index contributed by atoms with van der Waals surface area (Å²) in [5.41, 5.74) is 2.81. The lowest BCUT2D eigenvalue weighted by Gasteiger charge is -2.41. The first-order chi connectivity index (χ1) is 16.7. The number of carbonyl (C=O) groups is 1. The van der Waals surface area contributed by atoms with Gasteiger partial charge in [0.25, 0.3) is 10.7 Å². The Morgan fingerprint density at radius 3 is 2.29 bits per heavy atom. The number of hydrogen-bond donors (Lipinski definition) is 0. The van der Waals surface area contributed by atoms with Crippen molar-refractivity contribution in [2.45, 2.75) is 115 Å². The van der Waals surface area contributed by atoms with Gasteiger partial charge in [-0.25, -0.2) is 4.68 Å². The van der Waals surface area contributed by atoms with Crippen molar-refractivity contribution in [2.24, 2.45) is 0 Å². The molecule has 0 aliphatic heterocycles. The van der Waals surface area contributed by atoms with Gasteiger partial charge in [-0.05, 0) is 86.8 Å². The largest absolute Gasteiger partial charge is 0.484 e. The summed E-state index contributed by atoms with van der Waals surface area (Å²) in [5.74, 6) is 1.37. The molecular weight excluding hydrogens is 446 g/mol. The van der Waals surface area contributed by atoms with E-state index in [1.54, 1.807) is 4.68 Å². The van der Waals surface area contributed by atoms with Crippen LogP contribution in [0.15, 0.2) is 22.6 Å². The van der Waals surface area contributed by atoms with Crippen molar-refractivity contribution < 1.29 is 13.9 Å². The predicted molar refractivity (Wildman–Crippen MR) is 133 cm³/mol. The van der Waals surface area contributed by atoms with Crippen molar-refractivity contribution >= 4 is 18.1 Å². The van der Waals surface area contributed by atoms with E-state index in [-0.39, 0.29) is 23.9 Å². The first kappa shape index (κ1) is 23.6. The number of aromatic nitrogens is 2. The van der Waals surface area contributed by atoms with Gasteiger partial charge in [-0.3, -0.25) is 4.79 Å². The summed E-state index contributed by atoms with van der Waals surface area (Å²) in [7, 11) is 0. The van der Waals surface area contributed by atoms with Crippen LogP contribution in [0.4, 0.5) is 0 Å². The van der Waals surface area contributed by atoms with Gasteiger partial charge in [0.1, 0.15) is 12.3 Å². The van der Waals surface area contributed by atoms with Crippen LogP contribution in [-0.2, 0) is 30.8 Å². The molecule has 3 aliphatic rings. The Bertz CT molecular complexity index is 1020. The molecule has 1 amide bonds. The summed E-state index contributed by atoms with van der Waals surface area (Å²) in [6.45, 7) is 0.354. The van der Waals surface area contributed by atoms with E-state index in [1.165, 1.54) is 62.5 Å². The van der Waals surface area contributed by atoms with Gasteiger partial charge in [0.15, 0.2) is 6.61 Å². The first-order valence-corrected chi connectivity index (χ1v) is 13.7. The van der Waals surface area contributed by atoms with Gasteiger partial charge >= 0.3 is 0 Å². The maximum Gasteiger partial charge on any atom is 0.287 e. The number of ether oxygens (including phenoxy) is 1. The number of carbonyl (C=O) groups excluding carboxylic acids is 1. The topological polar surface area (TPSA) is 60.5 Å². The van der Waals surface area contributed by atoms with Gasteiger partial charge in [-0.15, -0.1) is 5.10 Å². The molecule has 3 aliphatic carbocycles. The maximum atomic E-state index is 13.5. The van der Waals surface area contributed by atoms with E-state index in [2.05, 4.69) is 22.1 Å². The van der Waals surface area contributed by atoms with E-state index in [9.17, 15) is 4.79 Å². The minimum absolute atomic E-state index is 0.130. The highest BCUT2D eigenvalue weighted by Crippen LogP contribution is 2.31. The zero-order valence-electron chi connectivity index (χ0n) is 20.2. The van der Waals surface area contributed by atoms with Crippen LogP contribution >= 0.6 is 12.2 Å². The Labute approximate surface area is 207 Å². The van der Waals surface area contributed by atoms with Crippen LogP contribution in [0, 0.1) is 4.84 Å². The average molecular weight is 484 g/mol. The highest BCUT2D eigenvalue weighted by atomic mass is 32.1. The van der Waals surface area contributed by atoms with Crippen LogP contribution in [0.25, 0.3) is 0 Å². The Kier molecular flexibility index (Phi) is 7.67. The van der Waals surface area contributed by atoms with E-state index in [4.69, 9.17) is 21.4 Å². The van der Waals surface area contributed by atoms with Crippen LogP contribution in [-0.4, -0.2) is 32.7 Å². The lowest BCUT2D eigenvalue weighted by Crippen LogP contribution is -2.50. The molecule has 1 heterocycles. The van der Waals surface area contributed by atoms with Gasteiger partial charge in [-0.1, -0.05) is 44.6 Å². The first-order valence-electron chi connectivity index (χ1n) is 13.3. The zero-order valence-corrected chi connectivity index (χ0v) is 21.0. The Balaban J connectivity index is 1.24. The molecule has 0 saturated heterocycles. The van der Waals surface area contributed by atoms with Crippen molar-refractivity contribution in [1.29, 1.82) is 0 Å². The molecule has 0 spiro atoms. The molecule has 0 radical (unpaired) electrons. The third kappa shape index (κ3) is 5.56. The summed E-state index contributed by atoms with van der Waals surface area (Å²) in [6.07, 6.45) is 16.7. The number of nitrogens with zero attached hydrogens (tertiary/aromatic N) is 3. The van der Waals surface area contributed by atoms with E-state index >= 15 is 0 Å². The number of benzene rings is 1. The summed E-state index contributed by atoms with van der Waals surface area (Å²) in [4.78, 5) is 16.0. The molecule has 34 heavy (non-hydrogen) atoms. The standard InChI is InChI=1S/C27H37N3O3S/c31-26(30(22-11-3-1-4-12-22)23-13-5-2-6-14-23)18-29-27(34)33-25(28-29)19-32-24-16-15-20-9-7-8-10-21(20)17-24/h15-17,22-23H,1-14,18-19H2. The monoisotopic (exact) mass is 483 g/mol. The number of amides is 1. The lowest BCUT2D eigenvalue weighted by molar-refractivity contribution is -0.139. The predicted octanol–water partition coefficient (Wildman–Crippen LogP) is 6.16. The van der Waals surface area contributed by atoms with Crippen molar-refractivity contribution in [2.75, 3.05) is 0 Å². The van der Waals surface area contributed by atoms with Crippen LogP contribution in [0.5, 0.6) is 5.75 Å². The van der Waals surface area contributed by atoms with Crippen molar-refractivity contribution in [3.05, 3.63) is 40.1 Å². The van der Waals surface area contributed by atoms with Gasteiger partial charge in [-0.2, -0.15) is 0 Å². The number of rotatable bonds is 7. The maximum absolute atomic E-state index is 13.5.